The van der Waals surface area contributed by atoms with Crippen LogP contribution in [0.15, 0.2) is 18.2 Å². The Morgan fingerprint density at radius 1 is 1.43 bits per heavy atom. The molecule has 5 nitrogen and oxygen atoms in total. The Morgan fingerprint density at radius 3 is 3.19 bits per heavy atom. The SMILES string of the molecule is CCC1OCCC1CNCc1ccc2c(c1)NC(=O)CO2. The van der Waals surface area contributed by atoms with Gasteiger partial charge in [0.05, 0.1) is 11.8 Å². The summed E-state index contributed by atoms with van der Waals surface area (Å²) in [5.74, 6) is 1.26. The van der Waals surface area contributed by atoms with E-state index in [1.165, 1.54) is 0 Å². The number of nitrogens with one attached hydrogen (secondary N) is 2. The lowest BCUT2D eigenvalue weighted by molar-refractivity contribution is -0.118. The van der Waals surface area contributed by atoms with Crippen LogP contribution in [0.1, 0.15) is 25.3 Å². The summed E-state index contributed by atoms with van der Waals surface area (Å²) in [5.41, 5.74) is 1.91. The maximum absolute atomic E-state index is 11.3. The third kappa shape index (κ3) is 3.36. The molecule has 114 valence electrons. The lowest BCUT2D eigenvalue weighted by atomic mass is 9.99. The number of amides is 1. The zero-order valence-corrected chi connectivity index (χ0v) is 12.4. The first-order chi connectivity index (χ1) is 10.3. The van der Waals surface area contributed by atoms with Crippen LogP contribution in [0.5, 0.6) is 5.75 Å². The largest absolute Gasteiger partial charge is 0.482 e. The molecule has 0 bridgehead atoms. The molecule has 2 N–H and O–H groups in total. The number of carbonyl (C=O) groups excluding carboxylic acids is 1. The second kappa shape index (κ2) is 6.45. The highest BCUT2D eigenvalue weighted by Gasteiger charge is 2.26. The molecule has 0 spiro atoms. The monoisotopic (exact) mass is 290 g/mol. The van der Waals surface area contributed by atoms with E-state index in [1.807, 2.05) is 18.2 Å². The molecule has 3 rings (SSSR count). The molecule has 21 heavy (non-hydrogen) atoms. The smallest absolute Gasteiger partial charge is 0.262 e. The van der Waals surface area contributed by atoms with Crippen LogP contribution >= 0.6 is 0 Å². The van der Waals surface area contributed by atoms with Gasteiger partial charge in [0, 0.05) is 19.7 Å². The Labute approximate surface area is 125 Å². The molecule has 1 aromatic rings. The van der Waals surface area contributed by atoms with Crippen molar-refractivity contribution in [2.75, 3.05) is 25.1 Å². The summed E-state index contributed by atoms with van der Waals surface area (Å²) < 4.78 is 11.1. The van der Waals surface area contributed by atoms with Gasteiger partial charge >= 0.3 is 0 Å². The van der Waals surface area contributed by atoms with E-state index in [0.29, 0.717) is 12.0 Å². The number of anilines is 1. The zero-order chi connectivity index (χ0) is 14.7. The number of rotatable bonds is 5. The number of fused-ring (bicyclic) bond motifs is 1. The molecule has 2 heterocycles. The predicted molar refractivity (Wildman–Crippen MR) is 80.4 cm³/mol. The summed E-state index contributed by atoms with van der Waals surface area (Å²) >= 11 is 0. The number of benzene rings is 1. The van der Waals surface area contributed by atoms with Crippen molar-refractivity contribution in [2.24, 2.45) is 5.92 Å². The van der Waals surface area contributed by atoms with E-state index in [-0.39, 0.29) is 12.5 Å². The molecule has 2 aliphatic rings. The van der Waals surface area contributed by atoms with Gasteiger partial charge in [-0.2, -0.15) is 0 Å². The molecule has 1 amide bonds. The van der Waals surface area contributed by atoms with E-state index < -0.39 is 0 Å². The van der Waals surface area contributed by atoms with Gasteiger partial charge in [-0.25, -0.2) is 0 Å². The quantitative estimate of drug-likeness (QED) is 0.870. The van der Waals surface area contributed by atoms with Crippen molar-refractivity contribution in [2.45, 2.75) is 32.4 Å². The third-order valence-electron chi connectivity index (χ3n) is 4.16. The van der Waals surface area contributed by atoms with Crippen LogP contribution in [0, 0.1) is 5.92 Å². The molecule has 0 saturated carbocycles. The van der Waals surface area contributed by atoms with Gasteiger partial charge in [0.15, 0.2) is 6.61 Å². The minimum Gasteiger partial charge on any atom is -0.482 e. The summed E-state index contributed by atoms with van der Waals surface area (Å²) in [5, 5.41) is 6.33. The molecule has 2 atom stereocenters. The van der Waals surface area contributed by atoms with Crippen LogP contribution in [-0.4, -0.2) is 31.8 Å². The minimum atomic E-state index is -0.0958. The molecule has 2 unspecified atom stereocenters. The Bertz CT molecular complexity index is 518. The Morgan fingerprint density at radius 2 is 2.33 bits per heavy atom. The molecule has 0 aromatic heterocycles. The maximum atomic E-state index is 11.3. The van der Waals surface area contributed by atoms with Crippen LogP contribution in [0.4, 0.5) is 5.69 Å². The first-order valence-electron chi connectivity index (χ1n) is 7.64. The normalized spacial score (nSPS) is 24.3. The highest BCUT2D eigenvalue weighted by molar-refractivity contribution is 5.95. The molecule has 5 heteroatoms. The minimum absolute atomic E-state index is 0.0958. The summed E-state index contributed by atoms with van der Waals surface area (Å²) in [6, 6.07) is 5.92. The third-order valence-corrected chi connectivity index (χ3v) is 4.16. The fourth-order valence-electron chi connectivity index (χ4n) is 3.02. The fourth-order valence-corrected chi connectivity index (χ4v) is 3.02. The van der Waals surface area contributed by atoms with E-state index in [2.05, 4.69) is 17.6 Å². The average Bonchev–Trinajstić information content (AvgIpc) is 2.94. The fraction of sp³-hybridized carbons (Fsp3) is 0.562. The van der Waals surface area contributed by atoms with Crippen molar-refractivity contribution in [3.8, 4) is 5.75 Å². The zero-order valence-electron chi connectivity index (χ0n) is 12.4. The van der Waals surface area contributed by atoms with Crippen LogP contribution in [-0.2, 0) is 16.1 Å². The first kappa shape index (κ1) is 14.4. The van der Waals surface area contributed by atoms with Crippen molar-refractivity contribution in [1.29, 1.82) is 0 Å². The van der Waals surface area contributed by atoms with Crippen LogP contribution in [0.25, 0.3) is 0 Å². The predicted octanol–water partition coefficient (Wildman–Crippen LogP) is 1.92. The van der Waals surface area contributed by atoms with Crippen molar-refractivity contribution in [1.82, 2.24) is 5.32 Å². The van der Waals surface area contributed by atoms with Gasteiger partial charge < -0.3 is 20.1 Å². The molecular formula is C16H22N2O3. The molecule has 1 fully saturated rings. The Hall–Kier alpha value is -1.59. The first-order valence-corrected chi connectivity index (χ1v) is 7.64. The number of carbonyl (C=O) groups is 1. The lowest BCUT2D eigenvalue weighted by Crippen LogP contribution is -2.28. The number of hydrogen-bond acceptors (Lipinski definition) is 4. The second-order valence-electron chi connectivity index (χ2n) is 5.66. The molecular weight excluding hydrogens is 268 g/mol. The Kier molecular flexibility index (Phi) is 4.41. The molecule has 0 radical (unpaired) electrons. The molecule has 1 aromatic carbocycles. The van der Waals surface area contributed by atoms with E-state index >= 15 is 0 Å². The standard InChI is InChI=1S/C16H22N2O3/c1-2-14-12(5-6-20-14)9-17-8-11-3-4-15-13(7-11)18-16(19)10-21-15/h3-4,7,12,14,17H,2,5-6,8-10H2,1H3,(H,18,19). The topological polar surface area (TPSA) is 59.6 Å². The van der Waals surface area contributed by atoms with Crippen LogP contribution < -0.4 is 15.4 Å². The Balaban J connectivity index is 1.54. The van der Waals surface area contributed by atoms with E-state index in [1.54, 1.807) is 0 Å². The van der Waals surface area contributed by atoms with E-state index in [0.717, 1.165) is 49.5 Å². The molecule has 2 aliphatic heterocycles. The van der Waals surface area contributed by atoms with Crippen LogP contribution in [0.2, 0.25) is 0 Å². The van der Waals surface area contributed by atoms with Crippen molar-refractivity contribution < 1.29 is 14.3 Å². The van der Waals surface area contributed by atoms with Gasteiger partial charge in [-0.3, -0.25) is 4.79 Å². The summed E-state index contributed by atoms with van der Waals surface area (Å²) in [7, 11) is 0. The summed E-state index contributed by atoms with van der Waals surface area (Å²) in [6.45, 7) is 4.92. The molecule has 1 saturated heterocycles. The second-order valence-corrected chi connectivity index (χ2v) is 5.66. The van der Waals surface area contributed by atoms with Gasteiger partial charge in [-0.15, -0.1) is 0 Å². The maximum Gasteiger partial charge on any atom is 0.262 e. The van der Waals surface area contributed by atoms with Crippen molar-refractivity contribution in [3.63, 3.8) is 0 Å². The molecule has 0 aliphatic carbocycles. The lowest BCUT2D eigenvalue weighted by Gasteiger charge is -2.19. The van der Waals surface area contributed by atoms with Gasteiger partial charge in [0.2, 0.25) is 0 Å². The van der Waals surface area contributed by atoms with Gasteiger partial charge in [-0.1, -0.05) is 13.0 Å². The summed E-state index contributed by atoms with van der Waals surface area (Å²) in [4.78, 5) is 11.3. The van der Waals surface area contributed by atoms with E-state index in [9.17, 15) is 4.79 Å². The van der Waals surface area contributed by atoms with E-state index in [4.69, 9.17) is 9.47 Å². The summed E-state index contributed by atoms with van der Waals surface area (Å²) in [6.07, 6.45) is 2.61. The van der Waals surface area contributed by atoms with Crippen molar-refractivity contribution in [3.05, 3.63) is 23.8 Å². The van der Waals surface area contributed by atoms with Crippen molar-refractivity contribution >= 4 is 11.6 Å². The van der Waals surface area contributed by atoms with Crippen LogP contribution in [0.3, 0.4) is 0 Å². The number of hydrogen-bond donors (Lipinski definition) is 2. The van der Waals surface area contributed by atoms with Gasteiger partial charge in [0.25, 0.3) is 5.91 Å². The highest BCUT2D eigenvalue weighted by Crippen LogP contribution is 2.28. The van der Waals surface area contributed by atoms with Gasteiger partial charge in [-0.05, 0) is 36.5 Å². The number of ether oxygens (including phenoxy) is 2. The van der Waals surface area contributed by atoms with Gasteiger partial charge in [0.1, 0.15) is 5.75 Å². The highest BCUT2D eigenvalue weighted by atomic mass is 16.5. The average molecular weight is 290 g/mol.